The second-order valence-corrected chi connectivity index (χ2v) is 23.7. The maximum absolute atomic E-state index is 4.98. The molecule has 72 heavy (non-hydrogen) atoms. The van der Waals surface area contributed by atoms with Crippen LogP contribution in [0.15, 0.2) is 12.3 Å². The molecule has 5 heteroatoms. The molecule has 1 aliphatic rings. The lowest BCUT2D eigenvalue weighted by atomic mass is 10.1. The zero-order valence-corrected chi connectivity index (χ0v) is 50.9. The van der Waals surface area contributed by atoms with Gasteiger partial charge in [0, 0.05) is 58.1 Å². The lowest BCUT2D eigenvalue weighted by Crippen LogP contribution is -2.58. The molecule has 0 aromatic carbocycles. The van der Waals surface area contributed by atoms with Gasteiger partial charge in [-0.2, -0.15) is 0 Å². The monoisotopic (exact) mass is 1010 g/mol. The summed E-state index contributed by atoms with van der Waals surface area (Å²) in [5.74, 6) is 0. The summed E-state index contributed by atoms with van der Waals surface area (Å²) in [6.45, 7) is 28.5. The van der Waals surface area contributed by atoms with Crippen molar-refractivity contribution in [1.82, 2.24) is 24.9 Å². The first-order valence-electron chi connectivity index (χ1n) is 34.0. The SMILES string of the molecule is C=C(CN(CCCCCCCCCCCC)CCCCCCCCCCCC)N(CCCCCCCCCCCC)N1CCN(N(CCCCCCCCCCCC)CCCCCCCCCCCC)CC1. The topological polar surface area (TPSA) is 16.2 Å². The van der Waals surface area contributed by atoms with Crippen molar-refractivity contribution in [2.75, 3.05) is 65.4 Å². The Morgan fingerprint density at radius 2 is 0.472 bits per heavy atom. The molecule has 0 aromatic heterocycles. The Labute approximate surface area is 456 Å². The zero-order chi connectivity index (χ0) is 51.9. The van der Waals surface area contributed by atoms with Crippen molar-refractivity contribution in [3.63, 3.8) is 0 Å². The van der Waals surface area contributed by atoms with Gasteiger partial charge >= 0.3 is 0 Å². The summed E-state index contributed by atoms with van der Waals surface area (Å²) in [6.07, 6.45) is 70.8. The van der Waals surface area contributed by atoms with Gasteiger partial charge in [-0.3, -0.25) is 4.90 Å². The first-order valence-corrected chi connectivity index (χ1v) is 34.0. The fourth-order valence-corrected chi connectivity index (χ4v) is 11.7. The first kappa shape index (κ1) is 69.4. The molecule has 0 saturated carbocycles. The van der Waals surface area contributed by atoms with Crippen molar-refractivity contribution < 1.29 is 0 Å². The summed E-state index contributed by atoms with van der Waals surface area (Å²) in [7, 11) is 0. The minimum absolute atomic E-state index is 1.05. The molecule has 5 nitrogen and oxygen atoms in total. The minimum atomic E-state index is 1.05. The molecule has 0 radical (unpaired) electrons. The molecule has 430 valence electrons. The predicted octanol–water partition coefficient (Wildman–Crippen LogP) is 21.5. The largest absolute Gasteiger partial charge is 0.309 e. The van der Waals surface area contributed by atoms with E-state index in [0.29, 0.717) is 0 Å². The van der Waals surface area contributed by atoms with E-state index in [1.807, 2.05) is 0 Å². The number of hydrogen-bond acceptors (Lipinski definition) is 5. The van der Waals surface area contributed by atoms with Crippen molar-refractivity contribution in [3.05, 3.63) is 12.3 Å². The molecule has 0 atom stereocenters. The van der Waals surface area contributed by atoms with Gasteiger partial charge in [0.05, 0.1) is 0 Å². The molecular formula is C67H137N5. The molecule has 0 spiro atoms. The van der Waals surface area contributed by atoms with Gasteiger partial charge in [-0.15, -0.1) is 0 Å². The zero-order valence-electron chi connectivity index (χ0n) is 50.9. The van der Waals surface area contributed by atoms with Gasteiger partial charge < -0.3 is 5.01 Å². The van der Waals surface area contributed by atoms with E-state index < -0.39 is 0 Å². The quantitative estimate of drug-likeness (QED) is 0.0563. The number of rotatable bonds is 60. The molecule has 0 N–H and O–H groups in total. The molecule has 1 rings (SSSR count). The Bertz CT molecular complexity index is 993. The fraction of sp³-hybridized carbons (Fsp3) is 0.970. The third kappa shape index (κ3) is 44.5. The van der Waals surface area contributed by atoms with Gasteiger partial charge in [0.1, 0.15) is 0 Å². The van der Waals surface area contributed by atoms with E-state index in [0.717, 1.165) is 39.3 Å². The van der Waals surface area contributed by atoms with Gasteiger partial charge in [-0.05, 0) is 45.2 Å². The van der Waals surface area contributed by atoms with Crippen LogP contribution >= 0.6 is 0 Å². The third-order valence-corrected chi connectivity index (χ3v) is 16.7. The van der Waals surface area contributed by atoms with Crippen molar-refractivity contribution in [2.45, 2.75) is 356 Å². The highest BCUT2D eigenvalue weighted by Crippen LogP contribution is 2.21. The Balaban J connectivity index is 2.94. The smallest absolute Gasteiger partial charge is 0.0392 e. The van der Waals surface area contributed by atoms with Crippen LogP contribution in [0.2, 0.25) is 0 Å². The molecule has 0 amide bonds. The molecular weight excluding hydrogens is 875 g/mol. The van der Waals surface area contributed by atoms with Crippen LogP contribution in [0.5, 0.6) is 0 Å². The van der Waals surface area contributed by atoms with Gasteiger partial charge in [-0.25, -0.2) is 15.0 Å². The van der Waals surface area contributed by atoms with Crippen LogP contribution in [0.3, 0.4) is 0 Å². The Morgan fingerprint density at radius 1 is 0.264 bits per heavy atom. The van der Waals surface area contributed by atoms with Gasteiger partial charge in [0.15, 0.2) is 0 Å². The van der Waals surface area contributed by atoms with Crippen molar-refractivity contribution in [1.29, 1.82) is 0 Å². The van der Waals surface area contributed by atoms with E-state index in [2.05, 4.69) is 59.6 Å². The average Bonchev–Trinajstić information content (AvgIpc) is 3.39. The van der Waals surface area contributed by atoms with Crippen LogP contribution in [0, 0.1) is 0 Å². The van der Waals surface area contributed by atoms with Gasteiger partial charge in [0.25, 0.3) is 0 Å². The summed E-state index contributed by atoms with van der Waals surface area (Å²) in [5.41, 5.74) is 1.38. The number of hydrogen-bond donors (Lipinski definition) is 0. The third-order valence-electron chi connectivity index (χ3n) is 16.7. The Morgan fingerprint density at radius 3 is 0.736 bits per heavy atom. The molecule has 1 saturated heterocycles. The summed E-state index contributed by atoms with van der Waals surface area (Å²) < 4.78 is 0. The van der Waals surface area contributed by atoms with E-state index >= 15 is 0 Å². The van der Waals surface area contributed by atoms with Crippen LogP contribution in [-0.4, -0.2) is 90.4 Å². The molecule has 1 fully saturated rings. The van der Waals surface area contributed by atoms with Crippen LogP contribution in [0.25, 0.3) is 0 Å². The predicted molar refractivity (Wildman–Crippen MR) is 326 cm³/mol. The molecule has 0 unspecified atom stereocenters. The minimum Gasteiger partial charge on any atom is -0.309 e. The number of piperazine rings is 1. The van der Waals surface area contributed by atoms with Crippen LogP contribution < -0.4 is 0 Å². The van der Waals surface area contributed by atoms with Crippen LogP contribution in [-0.2, 0) is 0 Å². The summed E-state index contributed by atoms with van der Waals surface area (Å²) in [4.78, 5) is 2.85. The molecule has 1 aliphatic heterocycles. The van der Waals surface area contributed by atoms with E-state index in [1.165, 1.54) is 353 Å². The van der Waals surface area contributed by atoms with Gasteiger partial charge in [-0.1, -0.05) is 330 Å². The lowest BCUT2D eigenvalue weighted by Gasteiger charge is -2.46. The summed E-state index contributed by atoms with van der Waals surface area (Å²) >= 11 is 0. The van der Waals surface area contributed by atoms with Crippen molar-refractivity contribution in [3.8, 4) is 0 Å². The van der Waals surface area contributed by atoms with E-state index in [-0.39, 0.29) is 0 Å². The number of hydrazine groups is 2. The van der Waals surface area contributed by atoms with Crippen LogP contribution in [0.4, 0.5) is 0 Å². The normalized spacial score (nSPS) is 13.7. The first-order chi connectivity index (χ1) is 35.6. The molecule has 1 heterocycles. The number of unbranched alkanes of at least 4 members (excludes halogenated alkanes) is 45. The molecule has 0 aliphatic carbocycles. The molecule has 0 bridgehead atoms. The Hall–Kier alpha value is -0.620. The Kier molecular flexibility index (Phi) is 54.5. The van der Waals surface area contributed by atoms with Crippen molar-refractivity contribution >= 4 is 0 Å². The van der Waals surface area contributed by atoms with Gasteiger partial charge in [0.2, 0.25) is 0 Å². The highest BCUT2D eigenvalue weighted by atomic mass is 15.7. The van der Waals surface area contributed by atoms with E-state index in [4.69, 9.17) is 6.58 Å². The fourth-order valence-electron chi connectivity index (χ4n) is 11.7. The maximum atomic E-state index is 4.98. The summed E-state index contributed by atoms with van der Waals surface area (Å²) in [6, 6.07) is 0. The lowest BCUT2D eigenvalue weighted by molar-refractivity contribution is -0.106. The summed E-state index contributed by atoms with van der Waals surface area (Å²) in [5, 5.41) is 11.2. The second kappa shape index (κ2) is 56.6. The number of nitrogens with zero attached hydrogens (tertiary/aromatic N) is 5. The van der Waals surface area contributed by atoms with E-state index in [1.54, 1.807) is 0 Å². The highest BCUT2D eigenvalue weighted by molar-refractivity contribution is 4.97. The molecule has 0 aromatic rings. The van der Waals surface area contributed by atoms with E-state index in [9.17, 15) is 0 Å². The second-order valence-electron chi connectivity index (χ2n) is 23.7. The maximum Gasteiger partial charge on any atom is 0.0392 e. The highest BCUT2D eigenvalue weighted by Gasteiger charge is 2.26. The average molecular weight is 1010 g/mol. The van der Waals surface area contributed by atoms with Crippen molar-refractivity contribution in [2.24, 2.45) is 0 Å². The van der Waals surface area contributed by atoms with Crippen LogP contribution in [0.1, 0.15) is 356 Å². The standard InChI is InChI=1S/C67H137N5/c1-7-12-17-22-27-32-37-42-47-52-57-68(58-53-48-43-38-33-28-23-18-13-8-2)66-67(6)72(61-56-51-46-41-36-31-26-21-16-11-5)71-64-62-70(63-65-71)69(59-54-49-44-39-34-29-24-19-14-9-3)60-55-50-45-40-35-30-25-20-15-10-4/h6-66H2,1-5H3.